The first-order chi connectivity index (χ1) is 9.86. The number of hydrogen-bond acceptors (Lipinski definition) is 3. The Morgan fingerprint density at radius 3 is 2.20 bits per heavy atom. The van der Waals surface area contributed by atoms with Gasteiger partial charge in [0.15, 0.2) is 5.78 Å². The number of benzene rings is 2. The Morgan fingerprint density at radius 2 is 1.50 bits per heavy atom. The summed E-state index contributed by atoms with van der Waals surface area (Å²) in [4.78, 5) is 20.8. The van der Waals surface area contributed by atoms with E-state index in [-0.39, 0.29) is 5.78 Å². The van der Waals surface area contributed by atoms with Crippen LogP contribution in [-0.2, 0) is 0 Å². The molecule has 0 N–H and O–H groups in total. The van der Waals surface area contributed by atoms with Gasteiger partial charge in [0.05, 0.1) is 11.3 Å². The smallest absolute Gasteiger partial charge is 0.196 e. The zero-order valence-electron chi connectivity index (χ0n) is 10.7. The van der Waals surface area contributed by atoms with Crippen LogP contribution in [0.3, 0.4) is 0 Å². The fourth-order valence-electron chi connectivity index (χ4n) is 2.07. The number of rotatable bonds is 3. The van der Waals surface area contributed by atoms with Crippen molar-refractivity contribution in [3.8, 4) is 11.3 Å². The first kappa shape index (κ1) is 12.2. The highest BCUT2D eigenvalue weighted by Crippen LogP contribution is 2.22. The molecule has 1 aromatic heterocycles. The second-order valence-corrected chi connectivity index (χ2v) is 4.35. The molecule has 3 rings (SSSR count). The number of carbonyl (C=O) groups excluding carboxylic acids is 1. The molecule has 2 aromatic carbocycles. The summed E-state index contributed by atoms with van der Waals surface area (Å²) in [6, 6.07) is 18.8. The first-order valence-corrected chi connectivity index (χ1v) is 6.31. The molecule has 96 valence electrons. The van der Waals surface area contributed by atoms with E-state index in [0.29, 0.717) is 16.8 Å². The molecule has 0 amide bonds. The molecule has 0 bridgehead atoms. The van der Waals surface area contributed by atoms with Gasteiger partial charge in [-0.3, -0.25) is 4.79 Å². The maximum atomic E-state index is 12.6. The molecule has 0 saturated carbocycles. The Balaban J connectivity index is 2.10. The van der Waals surface area contributed by atoms with Crippen LogP contribution in [0.5, 0.6) is 0 Å². The summed E-state index contributed by atoms with van der Waals surface area (Å²) in [5, 5.41) is 0. The summed E-state index contributed by atoms with van der Waals surface area (Å²) in [6.45, 7) is 0. The molecule has 0 unspecified atom stereocenters. The van der Waals surface area contributed by atoms with Crippen molar-refractivity contribution in [2.24, 2.45) is 0 Å². The highest BCUT2D eigenvalue weighted by molar-refractivity contribution is 6.12. The Kier molecular flexibility index (Phi) is 3.33. The van der Waals surface area contributed by atoms with Gasteiger partial charge in [0.2, 0.25) is 0 Å². The molecule has 20 heavy (non-hydrogen) atoms. The van der Waals surface area contributed by atoms with E-state index in [1.807, 2.05) is 48.5 Å². The van der Waals surface area contributed by atoms with Crippen molar-refractivity contribution >= 4 is 5.78 Å². The van der Waals surface area contributed by atoms with Crippen LogP contribution in [0, 0.1) is 0 Å². The number of ketones is 1. The summed E-state index contributed by atoms with van der Waals surface area (Å²) in [5.41, 5.74) is 2.73. The molecule has 1 heterocycles. The van der Waals surface area contributed by atoms with Crippen LogP contribution in [0.15, 0.2) is 73.2 Å². The fourth-order valence-corrected chi connectivity index (χ4v) is 2.07. The molecule has 0 spiro atoms. The maximum Gasteiger partial charge on any atom is 0.196 e. The van der Waals surface area contributed by atoms with E-state index in [1.165, 1.54) is 6.33 Å². The Morgan fingerprint density at radius 1 is 0.850 bits per heavy atom. The summed E-state index contributed by atoms with van der Waals surface area (Å²) in [7, 11) is 0. The molecule has 3 aromatic rings. The van der Waals surface area contributed by atoms with Crippen LogP contribution in [0.1, 0.15) is 15.9 Å². The molecule has 3 nitrogen and oxygen atoms in total. The molecule has 3 heteroatoms. The standard InChI is InChI=1S/C17H12N2O/c20-17(14-9-5-2-6-10-14)15-11-18-12-19-16(15)13-7-3-1-4-8-13/h1-12H. The third-order valence-corrected chi connectivity index (χ3v) is 3.04. The molecule has 0 aliphatic heterocycles. The average Bonchev–Trinajstić information content (AvgIpc) is 2.56. The predicted molar refractivity (Wildman–Crippen MR) is 77.3 cm³/mol. The molecule has 0 atom stereocenters. The number of carbonyl (C=O) groups is 1. The van der Waals surface area contributed by atoms with Gasteiger partial charge in [0, 0.05) is 17.3 Å². The second-order valence-electron chi connectivity index (χ2n) is 4.35. The number of nitrogens with zero attached hydrogens (tertiary/aromatic N) is 2. The SMILES string of the molecule is O=C(c1ccccc1)c1cncnc1-c1ccccc1. The van der Waals surface area contributed by atoms with Gasteiger partial charge in [0.25, 0.3) is 0 Å². The topological polar surface area (TPSA) is 42.9 Å². The van der Waals surface area contributed by atoms with Crippen molar-refractivity contribution in [2.75, 3.05) is 0 Å². The Hall–Kier alpha value is -2.81. The molecule has 0 saturated heterocycles. The van der Waals surface area contributed by atoms with Crippen molar-refractivity contribution in [3.63, 3.8) is 0 Å². The van der Waals surface area contributed by atoms with Gasteiger partial charge in [-0.15, -0.1) is 0 Å². The van der Waals surface area contributed by atoms with Crippen molar-refractivity contribution in [2.45, 2.75) is 0 Å². The molecule has 0 fully saturated rings. The van der Waals surface area contributed by atoms with E-state index >= 15 is 0 Å². The third kappa shape index (κ3) is 2.34. The van der Waals surface area contributed by atoms with E-state index in [1.54, 1.807) is 18.3 Å². The number of aromatic nitrogens is 2. The lowest BCUT2D eigenvalue weighted by molar-refractivity contribution is 0.103. The molecule has 0 radical (unpaired) electrons. The molecule has 0 aliphatic rings. The highest BCUT2D eigenvalue weighted by Gasteiger charge is 2.15. The molecular weight excluding hydrogens is 248 g/mol. The van der Waals surface area contributed by atoms with Crippen molar-refractivity contribution < 1.29 is 4.79 Å². The predicted octanol–water partition coefficient (Wildman–Crippen LogP) is 3.37. The van der Waals surface area contributed by atoms with Crippen LogP contribution < -0.4 is 0 Å². The summed E-state index contributed by atoms with van der Waals surface area (Å²) >= 11 is 0. The van der Waals surface area contributed by atoms with E-state index in [2.05, 4.69) is 9.97 Å². The van der Waals surface area contributed by atoms with Gasteiger partial charge in [-0.05, 0) is 0 Å². The maximum absolute atomic E-state index is 12.6. The van der Waals surface area contributed by atoms with Crippen molar-refractivity contribution in [3.05, 3.63) is 84.3 Å². The summed E-state index contributed by atoms with van der Waals surface area (Å²) < 4.78 is 0. The second kappa shape index (κ2) is 5.45. The normalized spacial score (nSPS) is 10.2. The van der Waals surface area contributed by atoms with E-state index < -0.39 is 0 Å². The zero-order chi connectivity index (χ0) is 13.8. The fraction of sp³-hybridized carbons (Fsp3) is 0. The lowest BCUT2D eigenvalue weighted by atomic mass is 10.00. The summed E-state index contributed by atoms with van der Waals surface area (Å²) in [6.07, 6.45) is 3.04. The van der Waals surface area contributed by atoms with Crippen molar-refractivity contribution in [1.82, 2.24) is 9.97 Å². The summed E-state index contributed by atoms with van der Waals surface area (Å²) in [5.74, 6) is -0.0648. The van der Waals surface area contributed by atoms with Gasteiger partial charge >= 0.3 is 0 Å². The Bertz CT molecular complexity index is 724. The van der Waals surface area contributed by atoms with Crippen molar-refractivity contribution in [1.29, 1.82) is 0 Å². The van der Waals surface area contributed by atoms with Crippen LogP contribution in [-0.4, -0.2) is 15.8 Å². The van der Waals surface area contributed by atoms with Gasteiger partial charge in [0.1, 0.15) is 6.33 Å². The zero-order valence-corrected chi connectivity index (χ0v) is 10.7. The first-order valence-electron chi connectivity index (χ1n) is 6.31. The highest BCUT2D eigenvalue weighted by atomic mass is 16.1. The molecule has 0 aliphatic carbocycles. The number of hydrogen-bond donors (Lipinski definition) is 0. The van der Waals surface area contributed by atoms with Crippen LogP contribution in [0.2, 0.25) is 0 Å². The quantitative estimate of drug-likeness (QED) is 0.678. The van der Waals surface area contributed by atoms with Crippen LogP contribution in [0.25, 0.3) is 11.3 Å². The molecular formula is C17H12N2O. The third-order valence-electron chi connectivity index (χ3n) is 3.04. The average molecular weight is 260 g/mol. The van der Waals surface area contributed by atoms with E-state index in [9.17, 15) is 4.79 Å². The van der Waals surface area contributed by atoms with E-state index in [0.717, 1.165) is 5.56 Å². The van der Waals surface area contributed by atoms with E-state index in [4.69, 9.17) is 0 Å². The van der Waals surface area contributed by atoms with Crippen LogP contribution >= 0.6 is 0 Å². The monoisotopic (exact) mass is 260 g/mol. The minimum atomic E-state index is -0.0648. The van der Waals surface area contributed by atoms with Crippen LogP contribution in [0.4, 0.5) is 0 Å². The largest absolute Gasteiger partial charge is 0.288 e. The van der Waals surface area contributed by atoms with Gasteiger partial charge in [-0.1, -0.05) is 60.7 Å². The van der Waals surface area contributed by atoms with Gasteiger partial charge in [-0.2, -0.15) is 0 Å². The lowest BCUT2D eigenvalue weighted by Gasteiger charge is -2.07. The lowest BCUT2D eigenvalue weighted by Crippen LogP contribution is -2.05. The Labute approximate surface area is 117 Å². The minimum absolute atomic E-state index is 0.0648. The minimum Gasteiger partial charge on any atom is -0.288 e. The van der Waals surface area contributed by atoms with Gasteiger partial charge < -0.3 is 0 Å². The van der Waals surface area contributed by atoms with Gasteiger partial charge in [-0.25, -0.2) is 9.97 Å².